The average molecular weight is 204 g/mol. The normalized spacial score (nSPS) is 10.7. The molecule has 82 valence electrons. The summed E-state index contributed by atoms with van der Waals surface area (Å²) in [5, 5.41) is 0. The van der Waals surface area contributed by atoms with Crippen molar-refractivity contribution in [1.82, 2.24) is 0 Å². The van der Waals surface area contributed by atoms with Gasteiger partial charge in [-0.15, -0.1) is 0 Å². The summed E-state index contributed by atoms with van der Waals surface area (Å²) in [5.74, 6) is 0.560. The number of benzene rings is 1. The maximum atomic E-state index is 11.4. The molecule has 0 radical (unpaired) electrons. The zero-order valence-corrected chi connectivity index (χ0v) is 9.92. The van der Waals surface area contributed by atoms with Gasteiger partial charge in [0.2, 0.25) is 0 Å². The van der Waals surface area contributed by atoms with Crippen molar-refractivity contribution in [3.8, 4) is 0 Å². The monoisotopic (exact) mass is 204 g/mol. The lowest BCUT2D eigenvalue weighted by Gasteiger charge is -2.04. The Morgan fingerprint density at radius 1 is 1.20 bits per heavy atom. The van der Waals surface area contributed by atoms with Crippen LogP contribution in [0.2, 0.25) is 0 Å². The Kier molecular flexibility index (Phi) is 4.54. The van der Waals surface area contributed by atoms with Gasteiger partial charge < -0.3 is 0 Å². The first-order chi connectivity index (χ1) is 7.09. The van der Waals surface area contributed by atoms with E-state index in [9.17, 15) is 4.79 Å². The third-order valence-electron chi connectivity index (χ3n) is 2.65. The molecule has 0 unspecified atom stereocenters. The van der Waals surface area contributed by atoms with Gasteiger partial charge in [0, 0.05) is 12.3 Å². The van der Waals surface area contributed by atoms with E-state index >= 15 is 0 Å². The summed E-state index contributed by atoms with van der Waals surface area (Å²) in [7, 11) is 0. The number of Topliss-reactive ketones (excluding diaryl/α,β-unsaturated/α-hetero) is 1. The summed E-state index contributed by atoms with van der Waals surface area (Å²) in [4.78, 5) is 11.4. The van der Waals surface area contributed by atoms with Gasteiger partial charge in [0.25, 0.3) is 0 Å². The molecule has 0 aliphatic carbocycles. The molecule has 0 spiro atoms. The largest absolute Gasteiger partial charge is 0.299 e. The minimum atomic E-state index is 0.183. The quantitative estimate of drug-likeness (QED) is 0.717. The fraction of sp³-hybridized carbons (Fsp3) is 0.500. The van der Waals surface area contributed by atoms with E-state index in [1.54, 1.807) is 0 Å². The molecule has 1 aromatic carbocycles. The number of carbonyl (C=O) groups excluding carboxylic acids is 1. The van der Waals surface area contributed by atoms with Gasteiger partial charge in [0.05, 0.1) is 0 Å². The first-order valence-electron chi connectivity index (χ1n) is 5.68. The Labute approximate surface area is 92.5 Å². The van der Waals surface area contributed by atoms with Crippen LogP contribution in [-0.4, -0.2) is 5.78 Å². The predicted molar refractivity (Wildman–Crippen MR) is 64.0 cm³/mol. The minimum Gasteiger partial charge on any atom is -0.299 e. The van der Waals surface area contributed by atoms with Crippen LogP contribution in [0.25, 0.3) is 0 Å². The summed E-state index contributed by atoms with van der Waals surface area (Å²) in [6.07, 6.45) is 2.70. The molecule has 1 rings (SSSR count). The molecule has 0 bridgehead atoms. The number of carbonyl (C=O) groups is 1. The summed E-state index contributed by atoms with van der Waals surface area (Å²) >= 11 is 0. The molecule has 0 amide bonds. The van der Waals surface area contributed by atoms with Gasteiger partial charge in [0.15, 0.2) is 0 Å². The predicted octanol–water partition coefficient (Wildman–Crippen LogP) is 3.54. The van der Waals surface area contributed by atoms with Crippen molar-refractivity contribution < 1.29 is 4.79 Å². The molecule has 0 atom stereocenters. The molecule has 0 fully saturated rings. The van der Waals surface area contributed by atoms with E-state index in [0.717, 1.165) is 12.8 Å². The lowest BCUT2D eigenvalue weighted by atomic mass is 10.0. The zero-order valence-electron chi connectivity index (χ0n) is 9.92. The fourth-order valence-corrected chi connectivity index (χ4v) is 1.51. The number of ketones is 1. The molecule has 0 aromatic heterocycles. The Morgan fingerprint density at radius 3 is 2.33 bits per heavy atom. The van der Waals surface area contributed by atoms with Crippen molar-refractivity contribution in [3.05, 3.63) is 35.4 Å². The summed E-state index contributed by atoms with van der Waals surface area (Å²) < 4.78 is 0. The topological polar surface area (TPSA) is 17.1 Å². The third kappa shape index (κ3) is 4.28. The Balaban J connectivity index is 2.32. The third-order valence-corrected chi connectivity index (χ3v) is 2.65. The smallest absolute Gasteiger partial charge is 0.135 e. The van der Waals surface area contributed by atoms with Crippen molar-refractivity contribution in [3.63, 3.8) is 0 Å². The summed E-state index contributed by atoms with van der Waals surface area (Å²) in [6.45, 7) is 6.02. The van der Waals surface area contributed by atoms with Crippen LogP contribution >= 0.6 is 0 Å². The molecular weight excluding hydrogens is 184 g/mol. The van der Waals surface area contributed by atoms with Crippen molar-refractivity contribution in [2.45, 2.75) is 40.0 Å². The van der Waals surface area contributed by atoms with Crippen LogP contribution in [0.4, 0.5) is 0 Å². The van der Waals surface area contributed by atoms with Gasteiger partial charge in [-0.2, -0.15) is 0 Å². The van der Waals surface area contributed by atoms with Crippen molar-refractivity contribution in [2.24, 2.45) is 5.92 Å². The van der Waals surface area contributed by atoms with E-state index in [1.165, 1.54) is 11.1 Å². The lowest BCUT2D eigenvalue weighted by Crippen LogP contribution is -2.06. The van der Waals surface area contributed by atoms with Crippen LogP contribution in [0, 0.1) is 12.8 Å². The van der Waals surface area contributed by atoms with Gasteiger partial charge in [-0.05, 0) is 25.3 Å². The SMILES string of the molecule is Cc1ccc(CCCC(=O)C(C)C)cc1. The van der Waals surface area contributed by atoms with Crippen molar-refractivity contribution in [2.75, 3.05) is 0 Å². The molecular formula is C14H20O. The van der Waals surface area contributed by atoms with E-state index in [4.69, 9.17) is 0 Å². The van der Waals surface area contributed by atoms with Gasteiger partial charge in [0.1, 0.15) is 5.78 Å². The van der Waals surface area contributed by atoms with Gasteiger partial charge in [-0.25, -0.2) is 0 Å². The highest BCUT2D eigenvalue weighted by atomic mass is 16.1. The van der Waals surface area contributed by atoms with Gasteiger partial charge in [-0.1, -0.05) is 43.7 Å². The minimum absolute atomic E-state index is 0.183. The van der Waals surface area contributed by atoms with Gasteiger partial charge in [-0.3, -0.25) is 4.79 Å². The molecule has 0 aliphatic rings. The van der Waals surface area contributed by atoms with E-state index in [2.05, 4.69) is 31.2 Å². The molecule has 1 heteroatoms. The second-order valence-electron chi connectivity index (χ2n) is 4.46. The molecule has 15 heavy (non-hydrogen) atoms. The van der Waals surface area contributed by atoms with Gasteiger partial charge >= 0.3 is 0 Å². The maximum Gasteiger partial charge on any atom is 0.135 e. The number of hydrogen-bond acceptors (Lipinski definition) is 1. The molecule has 0 aliphatic heterocycles. The van der Waals surface area contributed by atoms with Crippen molar-refractivity contribution >= 4 is 5.78 Å². The van der Waals surface area contributed by atoms with Crippen LogP contribution < -0.4 is 0 Å². The molecule has 1 aromatic rings. The second kappa shape index (κ2) is 5.69. The van der Waals surface area contributed by atoms with Crippen LogP contribution in [0.15, 0.2) is 24.3 Å². The average Bonchev–Trinajstić information content (AvgIpc) is 2.20. The summed E-state index contributed by atoms with van der Waals surface area (Å²) in [5.41, 5.74) is 2.62. The molecule has 0 saturated carbocycles. The molecule has 0 saturated heterocycles. The van der Waals surface area contributed by atoms with E-state index in [0.29, 0.717) is 12.2 Å². The number of hydrogen-bond donors (Lipinski definition) is 0. The van der Waals surface area contributed by atoms with E-state index in [-0.39, 0.29) is 5.92 Å². The summed E-state index contributed by atoms with van der Waals surface area (Å²) in [6, 6.07) is 8.55. The van der Waals surface area contributed by atoms with Crippen molar-refractivity contribution in [1.29, 1.82) is 0 Å². The first kappa shape index (κ1) is 12.0. The number of rotatable bonds is 5. The number of aryl methyl sites for hydroxylation is 2. The Bertz CT molecular complexity index is 309. The second-order valence-corrected chi connectivity index (χ2v) is 4.46. The highest BCUT2D eigenvalue weighted by Gasteiger charge is 2.06. The molecule has 0 N–H and O–H groups in total. The first-order valence-corrected chi connectivity index (χ1v) is 5.68. The Morgan fingerprint density at radius 2 is 1.80 bits per heavy atom. The Hall–Kier alpha value is -1.11. The van der Waals surface area contributed by atoms with Crippen LogP contribution in [0.1, 0.15) is 37.8 Å². The van der Waals surface area contributed by atoms with E-state index in [1.807, 2.05) is 13.8 Å². The standard InChI is InChI=1S/C14H20O/c1-11(2)14(15)6-4-5-13-9-7-12(3)8-10-13/h7-11H,4-6H2,1-3H3. The fourth-order valence-electron chi connectivity index (χ4n) is 1.51. The highest BCUT2D eigenvalue weighted by molar-refractivity contribution is 5.80. The van der Waals surface area contributed by atoms with Crippen LogP contribution in [0.3, 0.4) is 0 Å². The maximum absolute atomic E-state index is 11.4. The van der Waals surface area contributed by atoms with E-state index < -0.39 is 0 Å². The lowest BCUT2D eigenvalue weighted by molar-refractivity contribution is -0.121. The zero-order chi connectivity index (χ0) is 11.3. The highest BCUT2D eigenvalue weighted by Crippen LogP contribution is 2.09. The van der Waals surface area contributed by atoms with Crippen LogP contribution in [0.5, 0.6) is 0 Å². The van der Waals surface area contributed by atoms with Crippen LogP contribution in [-0.2, 0) is 11.2 Å². The molecule has 0 heterocycles. The molecule has 1 nitrogen and oxygen atoms in total.